The molecule has 0 atom stereocenters. The first-order chi connectivity index (χ1) is 9.94. The molecule has 1 aliphatic rings. The van der Waals surface area contributed by atoms with E-state index < -0.39 is 10.0 Å². The smallest absolute Gasteiger partial charge is 0.208 e. The third kappa shape index (κ3) is 9.80. The van der Waals surface area contributed by atoms with Crippen LogP contribution in [0.4, 0.5) is 0 Å². The highest BCUT2D eigenvalue weighted by molar-refractivity contribution is 14.0. The third-order valence-electron chi connectivity index (χ3n) is 3.47. The van der Waals surface area contributed by atoms with Crippen molar-refractivity contribution >= 4 is 40.0 Å². The lowest BCUT2D eigenvalue weighted by atomic mass is 10.1. The summed E-state index contributed by atoms with van der Waals surface area (Å²) in [6.45, 7) is 6.50. The van der Waals surface area contributed by atoms with Gasteiger partial charge in [0.25, 0.3) is 0 Å². The number of rotatable bonds is 7. The Hall–Kier alpha value is -0.130. The van der Waals surface area contributed by atoms with Crippen LogP contribution in [0.1, 0.15) is 26.2 Å². The molecule has 7 nitrogen and oxygen atoms in total. The number of piperidine rings is 1. The van der Waals surface area contributed by atoms with Gasteiger partial charge in [-0.25, -0.2) is 13.1 Å². The Bertz CT molecular complexity index is 422. The zero-order chi connectivity index (χ0) is 15.7. The van der Waals surface area contributed by atoms with Crippen molar-refractivity contribution in [2.75, 3.05) is 46.0 Å². The largest absolute Gasteiger partial charge is 0.355 e. The van der Waals surface area contributed by atoms with Crippen LogP contribution < -0.4 is 15.4 Å². The predicted molar refractivity (Wildman–Crippen MR) is 103 cm³/mol. The summed E-state index contributed by atoms with van der Waals surface area (Å²) in [5, 5.41) is 6.52. The fourth-order valence-electron chi connectivity index (χ4n) is 2.42. The number of sulfonamides is 1. The average Bonchev–Trinajstić information content (AvgIpc) is 2.43. The molecule has 22 heavy (non-hydrogen) atoms. The Kier molecular flexibility index (Phi) is 11.3. The number of halogens is 1. The molecule has 0 unspecified atom stereocenters. The molecule has 1 saturated heterocycles. The van der Waals surface area contributed by atoms with Crippen molar-refractivity contribution in [1.29, 1.82) is 0 Å². The van der Waals surface area contributed by atoms with Gasteiger partial charge in [-0.2, -0.15) is 0 Å². The standard InChI is InChI=1S/C13H29N5O2S.HI/c1-4-9-18-10-5-12(6-11-18)17-13(14-2)15-7-8-16-21(3,19)20;/h12,16H,4-11H2,1-3H3,(H2,14,15,17);1H. The van der Waals surface area contributed by atoms with Crippen molar-refractivity contribution in [3.05, 3.63) is 0 Å². The summed E-state index contributed by atoms with van der Waals surface area (Å²) in [5.41, 5.74) is 0. The molecular weight excluding hydrogens is 417 g/mol. The van der Waals surface area contributed by atoms with Crippen LogP contribution in [0.25, 0.3) is 0 Å². The highest BCUT2D eigenvalue weighted by Gasteiger charge is 2.19. The Morgan fingerprint density at radius 1 is 1.27 bits per heavy atom. The number of nitrogens with one attached hydrogen (secondary N) is 3. The number of nitrogens with zero attached hydrogens (tertiary/aromatic N) is 2. The van der Waals surface area contributed by atoms with E-state index in [1.165, 1.54) is 13.0 Å². The number of guanidine groups is 1. The van der Waals surface area contributed by atoms with Crippen LogP contribution in [-0.2, 0) is 10.0 Å². The molecule has 0 aliphatic carbocycles. The molecule has 0 bridgehead atoms. The van der Waals surface area contributed by atoms with Crippen molar-refractivity contribution in [2.24, 2.45) is 4.99 Å². The Labute approximate surface area is 151 Å². The van der Waals surface area contributed by atoms with E-state index in [4.69, 9.17) is 0 Å². The van der Waals surface area contributed by atoms with Gasteiger partial charge in [-0.3, -0.25) is 4.99 Å². The van der Waals surface area contributed by atoms with Gasteiger partial charge >= 0.3 is 0 Å². The molecule has 0 saturated carbocycles. The minimum Gasteiger partial charge on any atom is -0.355 e. The van der Waals surface area contributed by atoms with E-state index in [1.54, 1.807) is 7.05 Å². The summed E-state index contributed by atoms with van der Waals surface area (Å²) in [7, 11) is -1.40. The van der Waals surface area contributed by atoms with Gasteiger partial charge < -0.3 is 15.5 Å². The number of hydrogen-bond acceptors (Lipinski definition) is 4. The first kappa shape index (κ1) is 21.9. The molecule has 1 fully saturated rings. The lowest BCUT2D eigenvalue weighted by Crippen LogP contribution is -2.49. The van der Waals surface area contributed by atoms with E-state index >= 15 is 0 Å². The summed E-state index contributed by atoms with van der Waals surface area (Å²) in [6.07, 6.45) is 4.59. The van der Waals surface area contributed by atoms with E-state index in [-0.39, 0.29) is 24.0 Å². The van der Waals surface area contributed by atoms with Crippen molar-refractivity contribution in [2.45, 2.75) is 32.2 Å². The molecule has 0 aromatic heterocycles. The van der Waals surface area contributed by atoms with Crippen LogP contribution in [0.2, 0.25) is 0 Å². The van der Waals surface area contributed by atoms with Gasteiger partial charge in [-0.15, -0.1) is 24.0 Å². The Morgan fingerprint density at radius 3 is 2.41 bits per heavy atom. The minimum atomic E-state index is -3.12. The zero-order valence-electron chi connectivity index (χ0n) is 13.8. The van der Waals surface area contributed by atoms with Gasteiger partial charge in [0.2, 0.25) is 10.0 Å². The highest BCUT2D eigenvalue weighted by Crippen LogP contribution is 2.10. The van der Waals surface area contributed by atoms with Gasteiger partial charge in [-0.05, 0) is 25.8 Å². The molecule has 132 valence electrons. The molecule has 0 aromatic carbocycles. The summed E-state index contributed by atoms with van der Waals surface area (Å²) >= 11 is 0. The SMILES string of the molecule is CCCN1CCC(NC(=NC)NCCNS(C)(=O)=O)CC1.I. The third-order valence-corrected chi connectivity index (χ3v) is 4.20. The van der Waals surface area contributed by atoms with Gasteiger partial charge in [0, 0.05) is 39.3 Å². The summed E-state index contributed by atoms with van der Waals surface area (Å²) < 4.78 is 24.4. The molecule has 1 heterocycles. The number of hydrogen-bond donors (Lipinski definition) is 3. The van der Waals surface area contributed by atoms with E-state index in [1.807, 2.05) is 0 Å². The Morgan fingerprint density at radius 2 is 1.91 bits per heavy atom. The second-order valence-corrected chi connectivity index (χ2v) is 7.26. The molecule has 1 rings (SSSR count). The van der Waals surface area contributed by atoms with E-state index in [9.17, 15) is 8.42 Å². The van der Waals surface area contributed by atoms with Crippen molar-refractivity contribution in [3.63, 3.8) is 0 Å². The fourth-order valence-corrected chi connectivity index (χ4v) is 2.90. The minimum absolute atomic E-state index is 0. The van der Waals surface area contributed by atoms with Gasteiger partial charge in [0.05, 0.1) is 6.26 Å². The molecular formula is C13H30IN5O2S. The van der Waals surface area contributed by atoms with Crippen LogP contribution in [0.3, 0.4) is 0 Å². The van der Waals surface area contributed by atoms with Gasteiger partial charge in [0.15, 0.2) is 5.96 Å². The lowest BCUT2D eigenvalue weighted by molar-refractivity contribution is 0.206. The maximum atomic E-state index is 11.0. The van der Waals surface area contributed by atoms with Gasteiger partial charge in [-0.1, -0.05) is 6.92 Å². The van der Waals surface area contributed by atoms with E-state index in [0.717, 1.165) is 38.1 Å². The van der Waals surface area contributed by atoms with Crippen molar-refractivity contribution in [3.8, 4) is 0 Å². The quantitative estimate of drug-likeness (QED) is 0.225. The Balaban J connectivity index is 0.00000441. The molecule has 0 amide bonds. The van der Waals surface area contributed by atoms with Crippen LogP contribution in [0, 0.1) is 0 Å². The first-order valence-corrected chi connectivity index (χ1v) is 9.48. The van der Waals surface area contributed by atoms with Crippen molar-refractivity contribution in [1.82, 2.24) is 20.3 Å². The second-order valence-electron chi connectivity index (χ2n) is 5.43. The van der Waals surface area contributed by atoms with Crippen LogP contribution in [0.15, 0.2) is 4.99 Å². The normalized spacial score (nSPS) is 17.9. The van der Waals surface area contributed by atoms with E-state index in [2.05, 4.69) is 32.2 Å². The van der Waals surface area contributed by atoms with Crippen molar-refractivity contribution < 1.29 is 8.42 Å². The molecule has 0 radical (unpaired) electrons. The average molecular weight is 447 g/mol. The van der Waals surface area contributed by atoms with Crippen LogP contribution >= 0.6 is 24.0 Å². The zero-order valence-corrected chi connectivity index (χ0v) is 16.9. The fraction of sp³-hybridized carbons (Fsp3) is 0.923. The maximum Gasteiger partial charge on any atom is 0.208 e. The topological polar surface area (TPSA) is 85.8 Å². The summed E-state index contributed by atoms with van der Waals surface area (Å²) in [6, 6.07) is 0.437. The van der Waals surface area contributed by atoms with E-state index in [0.29, 0.717) is 19.1 Å². The maximum absolute atomic E-state index is 11.0. The number of likely N-dealkylation sites (tertiary alicyclic amines) is 1. The molecule has 0 aromatic rings. The number of aliphatic imine (C=N–C) groups is 1. The molecule has 9 heteroatoms. The molecule has 1 aliphatic heterocycles. The monoisotopic (exact) mass is 447 g/mol. The summed E-state index contributed by atoms with van der Waals surface area (Å²) in [5.74, 6) is 0.735. The van der Waals surface area contributed by atoms with Gasteiger partial charge in [0.1, 0.15) is 0 Å². The molecule has 0 spiro atoms. The van der Waals surface area contributed by atoms with Crippen LogP contribution in [-0.4, -0.2) is 71.3 Å². The first-order valence-electron chi connectivity index (χ1n) is 7.58. The summed E-state index contributed by atoms with van der Waals surface area (Å²) in [4.78, 5) is 6.67. The van der Waals surface area contributed by atoms with Crippen LogP contribution in [0.5, 0.6) is 0 Å². The molecule has 3 N–H and O–H groups in total. The predicted octanol–water partition coefficient (Wildman–Crippen LogP) is 0.193. The second kappa shape index (κ2) is 11.4. The lowest BCUT2D eigenvalue weighted by Gasteiger charge is -2.32. The highest BCUT2D eigenvalue weighted by atomic mass is 127.